The summed E-state index contributed by atoms with van der Waals surface area (Å²) in [5.41, 5.74) is 3.19. The Kier molecular flexibility index (Phi) is 4.15. The SMILES string of the molecule is NC(=O)c1ccc2c(=O)n(Cc3cccc(C(F)(F)F)c3)c(=O)[nH]c2c1. The molecule has 9 heteroatoms. The molecule has 3 N–H and O–H groups in total. The zero-order chi connectivity index (χ0) is 19.1. The number of halogens is 3. The largest absolute Gasteiger partial charge is 0.416 e. The molecule has 0 aliphatic heterocycles. The van der Waals surface area contributed by atoms with E-state index in [0.717, 1.165) is 16.7 Å². The van der Waals surface area contributed by atoms with Crippen LogP contribution in [0.4, 0.5) is 13.2 Å². The summed E-state index contributed by atoms with van der Waals surface area (Å²) in [6.45, 7) is -0.328. The molecule has 0 bridgehead atoms. The average Bonchev–Trinajstić information content (AvgIpc) is 2.57. The van der Waals surface area contributed by atoms with Gasteiger partial charge in [-0.2, -0.15) is 13.2 Å². The number of aromatic nitrogens is 2. The van der Waals surface area contributed by atoms with Gasteiger partial charge in [-0.15, -0.1) is 0 Å². The van der Waals surface area contributed by atoms with E-state index >= 15 is 0 Å². The van der Waals surface area contributed by atoms with Gasteiger partial charge in [0, 0.05) is 5.56 Å². The number of nitrogens with two attached hydrogens (primary N) is 1. The molecule has 0 aliphatic carbocycles. The summed E-state index contributed by atoms with van der Waals surface area (Å²) in [5, 5.41) is 0.113. The number of benzene rings is 2. The molecule has 0 radical (unpaired) electrons. The van der Waals surface area contributed by atoms with Crippen molar-refractivity contribution in [3.8, 4) is 0 Å². The zero-order valence-electron chi connectivity index (χ0n) is 13.1. The highest BCUT2D eigenvalue weighted by Gasteiger charge is 2.30. The fourth-order valence-electron chi connectivity index (χ4n) is 2.58. The molecule has 1 amide bonds. The molecule has 6 nitrogen and oxygen atoms in total. The van der Waals surface area contributed by atoms with E-state index in [1.54, 1.807) is 0 Å². The van der Waals surface area contributed by atoms with Gasteiger partial charge in [-0.05, 0) is 35.9 Å². The van der Waals surface area contributed by atoms with Crippen molar-refractivity contribution in [3.05, 3.63) is 80.0 Å². The Morgan fingerprint density at radius 3 is 2.50 bits per heavy atom. The van der Waals surface area contributed by atoms with E-state index in [9.17, 15) is 27.6 Å². The van der Waals surface area contributed by atoms with Crippen molar-refractivity contribution < 1.29 is 18.0 Å². The van der Waals surface area contributed by atoms with Gasteiger partial charge in [0.2, 0.25) is 5.91 Å². The van der Waals surface area contributed by atoms with Crippen LogP contribution < -0.4 is 17.0 Å². The highest BCUT2D eigenvalue weighted by molar-refractivity contribution is 5.96. The highest BCUT2D eigenvalue weighted by Crippen LogP contribution is 2.29. The normalized spacial score (nSPS) is 11.7. The van der Waals surface area contributed by atoms with E-state index in [4.69, 9.17) is 5.73 Å². The minimum absolute atomic E-state index is 0.113. The Labute approximate surface area is 143 Å². The number of rotatable bonds is 3. The van der Waals surface area contributed by atoms with Gasteiger partial charge in [0.25, 0.3) is 5.56 Å². The van der Waals surface area contributed by atoms with Crippen LogP contribution in [0.2, 0.25) is 0 Å². The molecule has 3 rings (SSSR count). The van der Waals surface area contributed by atoms with Crippen LogP contribution in [0.25, 0.3) is 10.9 Å². The van der Waals surface area contributed by atoms with Crippen molar-refractivity contribution in [1.82, 2.24) is 9.55 Å². The maximum atomic E-state index is 12.8. The Bertz CT molecular complexity index is 1130. The van der Waals surface area contributed by atoms with E-state index in [1.165, 1.54) is 30.3 Å². The van der Waals surface area contributed by atoms with Gasteiger partial charge < -0.3 is 10.7 Å². The quantitative estimate of drug-likeness (QED) is 0.743. The first kappa shape index (κ1) is 17.5. The van der Waals surface area contributed by atoms with Crippen LogP contribution >= 0.6 is 0 Å². The van der Waals surface area contributed by atoms with Gasteiger partial charge in [-0.1, -0.05) is 12.1 Å². The van der Waals surface area contributed by atoms with Gasteiger partial charge in [-0.25, -0.2) is 4.79 Å². The monoisotopic (exact) mass is 363 g/mol. The predicted molar refractivity (Wildman–Crippen MR) is 87.9 cm³/mol. The maximum Gasteiger partial charge on any atom is 0.416 e. The third kappa shape index (κ3) is 3.23. The fraction of sp³-hybridized carbons (Fsp3) is 0.118. The third-order valence-electron chi connectivity index (χ3n) is 3.86. The van der Waals surface area contributed by atoms with Crippen molar-refractivity contribution in [2.45, 2.75) is 12.7 Å². The molecule has 0 aliphatic rings. The second-order valence-corrected chi connectivity index (χ2v) is 5.64. The number of hydrogen-bond donors (Lipinski definition) is 2. The number of carbonyl (C=O) groups is 1. The lowest BCUT2D eigenvalue weighted by Crippen LogP contribution is -2.35. The first-order valence-electron chi connectivity index (χ1n) is 7.39. The van der Waals surface area contributed by atoms with E-state index in [0.29, 0.717) is 0 Å². The van der Waals surface area contributed by atoms with Crippen molar-refractivity contribution in [2.24, 2.45) is 5.73 Å². The molecule has 0 unspecified atom stereocenters. The van der Waals surface area contributed by atoms with Crippen LogP contribution in [0, 0.1) is 0 Å². The van der Waals surface area contributed by atoms with Gasteiger partial charge in [0.15, 0.2) is 0 Å². The lowest BCUT2D eigenvalue weighted by atomic mass is 10.1. The molecule has 0 atom stereocenters. The van der Waals surface area contributed by atoms with Crippen LogP contribution in [0.3, 0.4) is 0 Å². The molecular formula is C17H12F3N3O3. The van der Waals surface area contributed by atoms with E-state index in [-0.39, 0.29) is 28.6 Å². The molecular weight excluding hydrogens is 351 g/mol. The molecule has 1 heterocycles. The van der Waals surface area contributed by atoms with Gasteiger partial charge in [0.1, 0.15) is 0 Å². The minimum Gasteiger partial charge on any atom is -0.366 e. The average molecular weight is 363 g/mol. The van der Waals surface area contributed by atoms with E-state index < -0.39 is 28.9 Å². The number of nitrogens with one attached hydrogen (secondary N) is 1. The molecule has 134 valence electrons. The van der Waals surface area contributed by atoms with E-state index in [1.807, 2.05) is 0 Å². The second kappa shape index (κ2) is 6.17. The summed E-state index contributed by atoms with van der Waals surface area (Å²) in [5.74, 6) is -0.721. The Balaban J connectivity index is 2.09. The minimum atomic E-state index is -4.53. The second-order valence-electron chi connectivity index (χ2n) is 5.64. The smallest absolute Gasteiger partial charge is 0.366 e. The third-order valence-corrected chi connectivity index (χ3v) is 3.86. The number of hydrogen-bond acceptors (Lipinski definition) is 3. The number of primary amides is 1. The Morgan fingerprint density at radius 2 is 1.85 bits per heavy atom. The molecule has 2 aromatic carbocycles. The molecule has 0 saturated heterocycles. The first-order chi connectivity index (χ1) is 12.2. The van der Waals surface area contributed by atoms with Crippen molar-refractivity contribution in [1.29, 1.82) is 0 Å². The van der Waals surface area contributed by atoms with Gasteiger partial charge >= 0.3 is 11.9 Å². The Hall–Kier alpha value is -3.36. The summed E-state index contributed by atoms with van der Waals surface area (Å²) in [6, 6.07) is 8.32. The fourth-order valence-corrected chi connectivity index (χ4v) is 2.58. The van der Waals surface area contributed by atoms with Crippen molar-refractivity contribution in [3.63, 3.8) is 0 Å². The number of H-pyrrole nitrogens is 1. The number of fused-ring (bicyclic) bond motifs is 1. The first-order valence-corrected chi connectivity index (χ1v) is 7.39. The summed E-state index contributed by atoms with van der Waals surface area (Å²) in [6.07, 6.45) is -4.53. The lowest BCUT2D eigenvalue weighted by Gasteiger charge is -2.10. The van der Waals surface area contributed by atoms with Crippen LogP contribution in [-0.4, -0.2) is 15.5 Å². The number of nitrogens with zero attached hydrogens (tertiary/aromatic N) is 1. The Morgan fingerprint density at radius 1 is 1.12 bits per heavy atom. The summed E-state index contributed by atoms with van der Waals surface area (Å²) in [7, 11) is 0. The standard InChI is InChI=1S/C17H12F3N3O3/c18-17(19,20)11-3-1-2-9(6-11)8-23-15(25)12-5-4-10(14(21)24)7-13(12)22-16(23)26/h1-7H,8H2,(H2,21,24)(H,22,26). The van der Waals surface area contributed by atoms with Crippen LogP contribution in [-0.2, 0) is 12.7 Å². The predicted octanol–water partition coefficient (Wildman–Crippen LogP) is 1.86. The van der Waals surface area contributed by atoms with Gasteiger partial charge in [-0.3, -0.25) is 14.2 Å². The van der Waals surface area contributed by atoms with Crippen LogP contribution in [0.1, 0.15) is 21.5 Å². The molecule has 26 heavy (non-hydrogen) atoms. The number of carbonyl (C=O) groups excluding carboxylic acids is 1. The maximum absolute atomic E-state index is 12.8. The topological polar surface area (TPSA) is 97.9 Å². The van der Waals surface area contributed by atoms with Gasteiger partial charge in [0.05, 0.1) is 23.0 Å². The molecule has 1 aromatic heterocycles. The van der Waals surface area contributed by atoms with Crippen molar-refractivity contribution in [2.75, 3.05) is 0 Å². The van der Waals surface area contributed by atoms with E-state index in [2.05, 4.69) is 4.98 Å². The summed E-state index contributed by atoms with van der Waals surface area (Å²) in [4.78, 5) is 38.3. The summed E-state index contributed by atoms with van der Waals surface area (Å²) >= 11 is 0. The molecule has 3 aromatic rings. The number of alkyl halides is 3. The van der Waals surface area contributed by atoms with Crippen LogP contribution in [0.5, 0.6) is 0 Å². The van der Waals surface area contributed by atoms with Crippen LogP contribution in [0.15, 0.2) is 52.1 Å². The highest BCUT2D eigenvalue weighted by atomic mass is 19.4. The molecule has 0 saturated carbocycles. The molecule has 0 fully saturated rings. The van der Waals surface area contributed by atoms with Crippen molar-refractivity contribution >= 4 is 16.8 Å². The molecule has 0 spiro atoms. The number of aromatic amines is 1. The lowest BCUT2D eigenvalue weighted by molar-refractivity contribution is -0.137. The number of amides is 1. The zero-order valence-corrected chi connectivity index (χ0v) is 13.1. The summed E-state index contributed by atoms with van der Waals surface area (Å²) < 4.78 is 39.2.